The molecule has 1 unspecified atom stereocenters. The zero-order chi connectivity index (χ0) is 17.8. The van der Waals surface area contributed by atoms with E-state index < -0.39 is 12.1 Å². The van der Waals surface area contributed by atoms with Crippen LogP contribution < -0.4 is 10.6 Å². The Kier molecular flexibility index (Phi) is 6.06. The molecule has 0 aliphatic carbocycles. The third-order valence-corrected chi connectivity index (χ3v) is 6.47. The molecule has 3 amide bonds. The molecule has 140 valence electrons. The molecule has 0 bridgehead atoms. The molecular weight excluding hydrogens is 346 g/mol. The lowest BCUT2D eigenvalue weighted by Gasteiger charge is -2.32. The smallest absolute Gasteiger partial charge is 0.315 e. The van der Waals surface area contributed by atoms with Crippen LogP contribution in [0.5, 0.6) is 0 Å². The largest absolute Gasteiger partial charge is 0.481 e. The van der Waals surface area contributed by atoms with Gasteiger partial charge in [-0.15, -0.1) is 0 Å². The number of hydrogen-bond donors (Lipinski definition) is 3. The summed E-state index contributed by atoms with van der Waals surface area (Å²) in [5.74, 6) is 0.123. The Bertz CT molecular complexity index is 532. The molecule has 3 aliphatic rings. The number of ether oxygens (including phenoxy) is 1. The molecule has 0 aromatic rings. The monoisotopic (exact) mass is 371 g/mol. The van der Waals surface area contributed by atoms with Crippen LogP contribution in [0.2, 0.25) is 0 Å². The lowest BCUT2D eigenvalue weighted by molar-refractivity contribution is -0.147. The number of morpholine rings is 1. The summed E-state index contributed by atoms with van der Waals surface area (Å²) in [6, 6.07) is 0.381. The molecule has 25 heavy (non-hydrogen) atoms. The van der Waals surface area contributed by atoms with Crippen LogP contribution in [0, 0.1) is 0 Å². The van der Waals surface area contributed by atoms with Crippen LogP contribution in [0.25, 0.3) is 0 Å². The van der Waals surface area contributed by atoms with E-state index in [0.29, 0.717) is 31.4 Å². The standard InChI is InChI=1S/C16H25N3O5S/c20-13(19-5-6-24-10(8-19)7-14(21)22)4-2-1-3-12-15-11(9-25-12)17-16(23)18-15/h10-12,15H,1-9H2,(H,21,22)(H2,17,18,23)/t10?,11-,12-,15-/m0/s1. The quantitative estimate of drug-likeness (QED) is 0.442. The number of urea groups is 1. The summed E-state index contributed by atoms with van der Waals surface area (Å²) >= 11 is 1.88. The van der Waals surface area contributed by atoms with E-state index in [1.807, 2.05) is 11.8 Å². The fourth-order valence-corrected chi connectivity index (χ4v) is 5.23. The van der Waals surface area contributed by atoms with Gasteiger partial charge in [0.05, 0.1) is 31.2 Å². The van der Waals surface area contributed by atoms with Crippen molar-refractivity contribution in [1.82, 2.24) is 15.5 Å². The lowest BCUT2D eigenvalue weighted by atomic mass is 10.0. The van der Waals surface area contributed by atoms with Crippen LogP contribution in [-0.4, -0.2) is 76.8 Å². The maximum atomic E-state index is 12.3. The van der Waals surface area contributed by atoms with E-state index in [1.54, 1.807) is 4.90 Å². The SMILES string of the molecule is O=C(O)CC1CN(C(=O)CCCC[C@@H]2SC[C@@H]3NC(=O)N[C@@H]32)CCO1. The van der Waals surface area contributed by atoms with E-state index in [9.17, 15) is 14.4 Å². The first kappa shape index (κ1) is 18.3. The summed E-state index contributed by atoms with van der Waals surface area (Å²) < 4.78 is 5.39. The van der Waals surface area contributed by atoms with Gasteiger partial charge in [-0.2, -0.15) is 11.8 Å². The average molecular weight is 371 g/mol. The van der Waals surface area contributed by atoms with Crippen molar-refractivity contribution in [2.24, 2.45) is 0 Å². The van der Waals surface area contributed by atoms with Crippen LogP contribution in [0.3, 0.4) is 0 Å². The summed E-state index contributed by atoms with van der Waals surface area (Å²) in [4.78, 5) is 36.1. The topological polar surface area (TPSA) is 108 Å². The second-order valence-corrected chi connectivity index (χ2v) is 8.07. The van der Waals surface area contributed by atoms with Crippen molar-refractivity contribution in [2.45, 2.75) is 55.5 Å². The number of carbonyl (C=O) groups is 3. The number of carboxylic acid groups (broad SMARTS) is 1. The van der Waals surface area contributed by atoms with E-state index in [1.165, 1.54) is 0 Å². The minimum Gasteiger partial charge on any atom is -0.481 e. The second-order valence-electron chi connectivity index (χ2n) is 6.80. The molecule has 3 heterocycles. The Hall–Kier alpha value is -1.48. The molecule has 0 aromatic carbocycles. The molecule has 3 fully saturated rings. The van der Waals surface area contributed by atoms with Crippen molar-refractivity contribution in [1.29, 1.82) is 0 Å². The van der Waals surface area contributed by atoms with E-state index in [4.69, 9.17) is 9.84 Å². The number of carbonyl (C=O) groups excluding carboxylic acids is 2. The fourth-order valence-electron chi connectivity index (χ4n) is 3.69. The first-order valence-electron chi connectivity index (χ1n) is 8.82. The van der Waals surface area contributed by atoms with Crippen molar-refractivity contribution in [3.63, 3.8) is 0 Å². The molecule has 3 saturated heterocycles. The lowest BCUT2D eigenvalue weighted by Crippen LogP contribution is -2.46. The Morgan fingerprint density at radius 1 is 1.32 bits per heavy atom. The highest BCUT2D eigenvalue weighted by atomic mass is 32.2. The first-order valence-corrected chi connectivity index (χ1v) is 9.87. The zero-order valence-corrected chi connectivity index (χ0v) is 14.9. The minimum absolute atomic E-state index is 0.0645. The highest BCUT2D eigenvalue weighted by Gasteiger charge is 2.42. The summed E-state index contributed by atoms with van der Waals surface area (Å²) in [7, 11) is 0. The number of fused-ring (bicyclic) bond motifs is 1. The molecule has 3 aliphatic heterocycles. The molecule has 3 rings (SSSR count). The first-order chi connectivity index (χ1) is 12.0. The minimum atomic E-state index is -0.903. The Balaban J connectivity index is 1.34. The van der Waals surface area contributed by atoms with Crippen molar-refractivity contribution >= 4 is 29.7 Å². The van der Waals surface area contributed by atoms with E-state index in [-0.39, 0.29) is 30.4 Å². The molecule has 8 nitrogen and oxygen atoms in total. The third kappa shape index (κ3) is 4.78. The molecule has 3 N–H and O–H groups in total. The molecule has 0 saturated carbocycles. The summed E-state index contributed by atoms with van der Waals surface area (Å²) in [5, 5.41) is 15.2. The number of nitrogens with one attached hydrogen (secondary N) is 2. The Morgan fingerprint density at radius 2 is 2.16 bits per heavy atom. The second kappa shape index (κ2) is 8.27. The van der Waals surface area contributed by atoms with Crippen molar-refractivity contribution in [3.05, 3.63) is 0 Å². The molecular formula is C16H25N3O5S. The summed E-state index contributed by atoms with van der Waals surface area (Å²) in [6.07, 6.45) is 2.77. The van der Waals surface area contributed by atoms with Gasteiger partial charge in [0.25, 0.3) is 0 Å². The molecule has 4 atom stereocenters. The molecule has 0 aromatic heterocycles. The zero-order valence-electron chi connectivity index (χ0n) is 14.1. The number of nitrogens with zero attached hydrogens (tertiary/aromatic N) is 1. The fraction of sp³-hybridized carbons (Fsp3) is 0.812. The third-order valence-electron chi connectivity index (χ3n) is 4.96. The normalized spacial score (nSPS) is 31.4. The number of unbranched alkanes of at least 4 members (excludes halogenated alkanes) is 1. The van der Waals surface area contributed by atoms with Gasteiger partial charge in [0.15, 0.2) is 0 Å². The molecule has 0 radical (unpaired) electrons. The van der Waals surface area contributed by atoms with Crippen LogP contribution in [0.15, 0.2) is 0 Å². The summed E-state index contributed by atoms with van der Waals surface area (Å²) in [5.41, 5.74) is 0. The van der Waals surface area contributed by atoms with E-state index in [2.05, 4.69) is 10.6 Å². The number of thioether (sulfide) groups is 1. The van der Waals surface area contributed by atoms with Gasteiger partial charge < -0.3 is 25.4 Å². The predicted molar refractivity (Wildman–Crippen MR) is 92.5 cm³/mol. The van der Waals surface area contributed by atoms with E-state index >= 15 is 0 Å². The number of aliphatic carboxylic acids is 1. The molecule has 9 heteroatoms. The predicted octanol–water partition coefficient (Wildman–Crippen LogP) is 0.414. The van der Waals surface area contributed by atoms with E-state index in [0.717, 1.165) is 25.0 Å². The van der Waals surface area contributed by atoms with Gasteiger partial charge in [-0.1, -0.05) is 6.42 Å². The number of amides is 3. The van der Waals surface area contributed by atoms with Gasteiger partial charge in [-0.25, -0.2) is 4.79 Å². The average Bonchev–Trinajstić information content (AvgIpc) is 3.10. The van der Waals surface area contributed by atoms with Crippen LogP contribution >= 0.6 is 11.8 Å². The Labute approximate surface area is 151 Å². The van der Waals surface area contributed by atoms with Gasteiger partial charge in [0.2, 0.25) is 5.91 Å². The van der Waals surface area contributed by atoms with Gasteiger partial charge >= 0.3 is 12.0 Å². The summed E-state index contributed by atoms with van der Waals surface area (Å²) in [6.45, 7) is 1.30. The molecule has 0 spiro atoms. The van der Waals surface area contributed by atoms with Crippen LogP contribution in [-0.2, 0) is 14.3 Å². The number of carboxylic acids is 1. The van der Waals surface area contributed by atoms with Gasteiger partial charge in [-0.3, -0.25) is 9.59 Å². The maximum Gasteiger partial charge on any atom is 0.315 e. The highest BCUT2D eigenvalue weighted by Crippen LogP contribution is 2.33. The van der Waals surface area contributed by atoms with Crippen molar-refractivity contribution in [3.8, 4) is 0 Å². The van der Waals surface area contributed by atoms with Gasteiger partial charge in [-0.05, 0) is 12.8 Å². The van der Waals surface area contributed by atoms with Crippen molar-refractivity contribution in [2.75, 3.05) is 25.4 Å². The van der Waals surface area contributed by atoms with Crippen molar-refractivity contribution < 1.29 is 24.2 Å². The van der Waals surface area contributed by atoms with Crippen LogP contribution in [0.1, 0.15) is 32.1 Å². The number of rotatable bonds is 7. The van der Waals surface area contributed by atoms with Crippen LogP contribution in [0.4, 0.5) is 4.79 Å². The van der Waals surface area contributed by atoms with Gasteiger partial charge in [0.1, 0.15) is 0 Å². The highest BCUT2D eigenvalue weighted by molar-refractivity contribution is 8.00. The number of hydrogen-bond acceptors (Lipinski definition) is 5. The maximum absolute atomic E-state index is 12.3. The Morgan fingerprint density at radius 3 is 2.96 bits per heavy atom. The van der Waals surface area contributed by atoms with Gasteiger partial charge in [0, 0.05) is 30.5 Å².